The molecule has 9 heteroatoms. The molecule has 5 nitrogen and oxygen atoms in total. The van der Waals surface area contributed by atoms with Crippen LogP contribution in [-0.4, -0.2) is 22.0 Å². The van der Waals surface area contributed by atoms with Crippen molar-refractivity contribution >= 4 is 84.4 Å². The standard InChI is InChI=1S/C17H9Br2ClN2O3S/c18-9-2-1-3-11(6-9)22-16(25)12(15(24)21-17(22)26)5-8-4-10(20)7-13(19)14(8)23/h1-7,23H,(H,21,24,26). The Bertz CT molecular complexity index is 994. The van der Waals surface area contributed by atoms with Crippen LogP contribution in [0, 0.1) is 0 Å². The summed E-state index contributed by atoms with van der Waals surface area (Å²) in [5, 5.41) is 13.0. The highest BCUT2D eigenvalue weighted by Gasteiger charge is 2.34. The molecule has 2 aromatic carbocycles. The Hall–Kier alpha value is -1.74. The first-order valence-corrected chi connectivity index (χ1v) is 9.50. The summed E-state index contributed by atoms with van der Waals surface area (Å²) in [7, 11) is 0. The molecule has 0 atom stereocenters. The average molecular weight is 517 g/mol. The number of nitrogens with zero attached hydrogens (tertiary/aromatic N) is 1. The van der Waals surface area contributed by atoms with Crippen molar-refractivity contribution in [2.24, 2.45) is 0 Å². The van der Waals surface area contributed by atoms with E-state index in [9.17, 15) is 14.7 Å². The van der Waals surface area contributed by atoms with Gasteiger partial charge >= 0.3 is 0 Å². The maximum Gasteiger partial charge on any atom is 0.270 e. The van der Waals surface area contributed by atoms with Crippen LogP contribution in [0.5, 0.6) is 5.75 Å². The molecule has 1 fully saturated rings. The van der Waals surface area contributed by atoms with Gasteiger partial charge in [-0.25, -0.2) is 0 Å². The molecule has 2 aromatic rings. The number of carbonyl (C=O) groups excluding carboxylic acids is 2. The van der Waals surface area contributed by atoms with Gasteiger partial charge in [0.05, 0.1) is 10.2 Å². The Labute approximate surface area is 175 Å². The monoisotopic (exact) mass is 514 g/mol. The fourth-order valence-electron chi connectivity index (χ4n) is 2.36. The third-order valence-electron chi connectivity index (χ3n) is 3.53. The number of halogens is 3. The van der Waals surface area contributed by atoms with Gasteiger partial charge in [-0.1, -0.05) is 33.6 Å². The number of amides is 2. The minimum Gasteiger partial charge on any atom is -0.506 e. The van der Waals surface area contributed by atoms with Crippen molar-refractivity contribution in [2.45, 2.75) is 0 Å². The van der Waals surface area contributed by atoms with E-state index in [-0.39, 0.29) is 22.0 Å². The minimum absolute atomic E-state index is 0.0215. The lowest BCUT2D eigenvalue weighted by atomic mass is 10.1. The summed E-state index contributed by atoms with van der Waals surface area (Å²) in [6.45, 7) is 0. The average Bonchev–Trinajstić information content (AvgIpc) is 2.55. The Morgan fingerprint density at radius 2 is 1.92 bits per heavy atom. The van der Waals surface area contributed by atoms with E-state index in [2.05, 4.69) is 37.2 Å². The molecule has 132 valence electrons. The summed E-state index contributed by atoms with van der Waals surface area (Å²) in [6.07, 6.45) is 1.27. The minimum atomic E-state index is -0.651. The molecule has 1 heterocycles. The summed E-state index contributed by atoms with van der Waals surface area (Å²) in [4.78, 5) is 26.4. The number of aromatic hydroxyl groups is 1. The molecule has 3 rings (SSSR count). The molecule has 0 aromatic heterocycles. The number of hydrogen-bond acceptors (Lipinski definition) is 4. The fourth-order valence-corrected chi connectivity index (χ4v) is 3.86. The second-order valence-corrected chi connectivity index (χ2v) is 7.86. The molecule has 0 saturated carbocycles. The van der Waals surface area contributed by atoms with E-state index < -0.39 is 11.8 Å². The van der Waals surface area contributed by atoms with E-state index >= 15 is 0 Å². The van der Waals surface area contributed by atoms with Gasteiger partial charge in [0, 0.05) is 15.1 Å². The van der Waals surface area contributed by atoms with Gasteiger partial charge in [-0.3, -0.25) is 19.8 Å². The zero-order valence-corrected chi connectivity index (χ0v) is 17.5. The number of nitrogens with one attached hydrogen (secondary N) is 1. The summed E-state index contributed by atoms with van der Waals surface area (Å²) < 4.78 is 1.10. The maximum atomic E-state index is 12.9. The van der Waals surface area contributed by atoms with Crippen molar-refractivity contribution in [3.05, 3.63) is 61.5 Å². The van der Waals surface area contributed by atoms with Gasteiger partial charge in [-0.05, 0) is 64.6 Å². The second kappa shape index (κ2) is 7.48. The van der Waals surface area contributed by atoms with Gasteiger partial charge in [0.2, 0.25) is 0 Å². The fraction of sp³-hybridized carbons (Fsp3) is 0. The number of anilines is 1. The van der Waals surface area contributed by atoms with Crippen molar-refractivity contribution in [1.82, 2.24) is 5.32 Å². The topological polar surface area (TPSA) is 69.6 Å². The summed E-state index contributed by atoms with van der Waals surface area (Å²) >= 11 is 17.6. The molecule has 0 bridgehead atoms. The normalized spacial score (nSPS) is 16.2. The third kappa shape index (κ3) is 3.68. The van der Waals surface area contributed by atoms with Gasteiger partial charge in [-0.15, -0.1) is 0 Å². The van der Waals surface area contributed by atoms with Gasteiger partial charge < -0.3 is 5.11 Å². The SMILES string of the molecule is O=C1NC(=S)N(c2cccc(Br)c2)C(=O)C1=Cc1cc(Cl)cc(Br)c1O. The number of carbonyl (C=O) groups is 2. The summed E-state index contributed by atoms with van der Waals surface area (Å²) in [6, 6.07) is 9.90. The first kappa shape index (κ1) is 19.0. The molecule has 0 spiro atoms. The predicted molar refractivity (Wildman–Crippen MR) is 111 cm³/mol. The summed E-state index contributed by atoms with van der Waals surface area (Å²) in [5.74, 6) is -1.39. The van der Waals surface area contributed by atoms with E-state index in [0.717, 1.165) is 4.47 Å². The van der Waals surface area contributed by atoms with E-state index in [1.807, 2.05) is 0 Å². The van der Waals surface area contributed by atoms with Crippen LogP contribution in [0.1, 0.15) is 5.56 Å². The van der Waals surface area contributed by atoms with Crippen LogP contribution in [0.2, 0.25) is 5.02 Å². The van der Waals surface area contributed by atoms with Gasteiger partial charge in [0.1, 0.15) is 11.3 Å². The van der Waals surface area contributed by atoms with E-state index in [0.29, 0.717) is 15.2 Å². The maximum absolute atomic E-state index is 12.9. The number of phenols is 1. The molecule has 0 unspecified atom stereocenters. The molecular formula is C17H9Br2ClN2O3S. The number of phenolic OH excluding ortho intramolecular Hbond substituents is 1. The second-order valence-electron chi connectivity index (χ2n) is 5.26. The highest BCUT2D eigenvalue weighted by Crippen LogP contribution is 2.33. The lowest BCUT2D eigenvalue weighted by Crippen LogP contribution is -2.54. The molecule has 1 aliphatic rings. The van der Waals surface area contributed by atoms with Crippen LogP contribution >= 0.6 is 55.7 Å². The van der Waals surface area contributed by atoms with Crippen molar-refractivity contribution in [2.75, 3.05) is 4.90 Å². The van der Waals surface area contributed by atoms with Crippen molar-refractivity contribution in [3.8, 4) is 5.75 Å². The van der Waals surface area contributed by atoms with Crippen LogP contribution < -0.4 is 10.2 Å². The molecule has 0 aliphatic carbocycles. The van der Waals surface area contributed by atoms with E-state index in [1.54, 1.807) is 24.3 Å². The first-order chi connectivity index (χ1) is 12.3. The highest BCUT2D eigenvalue weighted by atomic mass is 79.9. The number of benzene rings is 2. The van der Waals surface area contributed by atoms with E-state index in [1.165, 1.54) is 23.1 Å². The van der Waals surface area contributed by atoms with Crippen LogP contribution in [0.4, 0.5) is 5.69 Å². The zero-order chi connectivity index (χ0) is 19.0. The molecule has 26 heavy (non-hydrogen) atoms. The number of hydrogen-bond donors (Lipinski definition) is 2. The van der Waals surface area contributed by atoms with E-state index in [4.69, 9.17) is 23.8 Å². The van der Waals surface area contributed by atoms with Crippen LogP contribution in [-0.2, 0) is 9.59 Å². The first-order valence-electron chi connectivity index (χ1n) is 7.13. The lowest BCUT2D eigenvalue weighted by Gasteiger charge is -2.29. The van der Waals surface area contributed by atoms with Crippen LogP contribution in [0.3, 0.4) is 0 Å². The predicted octanol–water partition coefficient (Wildman–Crippen LogP) is 4.40. The Morgan fingerprint density at radius 1 is 1.19 bits per heavy atom. The molecule has 1 saturated heterocycles. The Balaban J connectivity index is 2.09. The zero-order valence-electron chi connectivity index (χ0n) is 12.8. The Kier molecular flexibility index (Phi) is 5.47. The Morgan fingerprint density at radius 3 is 2.62 bits per heavy atom. The van der Waals surface area contributed by atoms with Gasteiger partial charge in [0.15, 0.2) is 5.11 Å². The van der Waals surface area contributed by atoms with Crippen molar-refractivity contribution in [1.29, 1.82) is 0 Å². The van der Waals surface area contributed by atoms with Crippen molar-refractivity contribution in [3.63, 3.8) is 0 Å². The largest absolute Gasteiger partial charge is 0.506 e. The molecule has 2 amide bonds. The number of rotatable bonds is 2. The highest BCUT2D eigenvalue weighted by molar-refractivity contribution is 9.10. The summed E-state index contributed by atoms with van der Waals surface area (Å²) in [5.41, 5.74) is 0.546. The van der Waals surface area contributed by atoms with Crippen LogP contribution in [0.25, 0.3) is 6.08 Å². The smallest absolute Gasteiger partial charge is 0.270 e. The molecule has 2 N–H and O–H groups in total. The van der Waals surface area contributed by atoms with Gasteiger partial charge in [0.25, 0.3) is 11.8 Å². The quantitative estimate of drug-likeness (QED) is 0.353. The van der Waals surface area contributed by atoms with Gasteiger partial charge in [-0.2, -0.15) is 0 Å². The lowest BCUT2D eigenvalue weighted by molar-refractivity contribution is -0.122. The van der Waals surface area contributed by atoms with Crippen LogP contribution in [0.15, 0.2) is 50.9 Å². The third-order valence-corrected chi connectivity index (χ3v) is 5.13. The number of thiocarbonyl (C=S) groups is 1. The molecular weight excluding hydrogens is 508 g/mol. The van der Waals surface area contributed by atoms with Crippen molar-refractivity contribution < 1.29 is 14.7 Å². The molecule has 0 radical (unpaired) electrons. The molecule has 1 aliphatic heterocycles.